The van der Waals surface area contributed by atoms with E-state index < -0.39 is 18.9 Å². The summed E-state index contributed by atoms with van der Waals surface area (Å²) in [6, 6.07) is 11.5. The number of rotatable bonds is 13. The van der Waals surface area contributed by atoms with Crippen molar-refractivity contribution in [2.75, 3.05) is 18.1 Å². The molecule has 0 fully saturated rings. The third-order valence-corrected chi connectivity index (χ3v) is 5.58. The molecule has 0 radical (unpaired) electrons. The summed E-state index contributed by atoms with van der Waals surface area (Å²) in [5.74, 6) is -0.234. The van der Waals surface area contributed by atoms with Crippen LogP contribution in [-0.4, -0.2) is 40.6 Å². The number of aryl methyl sites for hydroxylation is 2. The van der Waals surface area contributed by atoms with Gasteiger partial charge in [0.25, 0.3) is 0 Å². The smallest absolute Gasteiger partial charge is 0.482 e. The number of carbonyl (C=O) groups is 1. The maximum absolute atomic E-state index is 12.5. The Morgan fingerprint density at radius 2 is 1.65 bits per heavy atom. The number of carboxylic acids is 1. The first-order valence-corrected chi connectivity index (χ1v) is 12.0. The SMILES string of the molecule is CCCc1cc(CCN(Cc2ccc(OC(F)(F)F)cc2)c2ncc(CC)cn2)ccc1OCC(=O)O. The Morgan fingerprint density at radius 1 is 0.973 bits per heavy atom. The Labute approximate surface area is 213 Å². The summed E-state index contributed by atoms with van der Waals surface area (Å²) in [5, 5.41) is 8.92. The van der Waals surface area contributed by atoms with E-state index in [4.69, 9.17) is 9.84 Å². The van der Waals surface area contributed by atoms with Gasteiger partial charge in [-0.1, -0.05) is 44.5 Å². The van der Waals surface area contributed by atoms with Gasteiger partial charge in [-0.05, 0) is 59.7 Å². The van der Waals surface area contributed by atoms with Crippen LogP contribution in [0.3, 0.4) is 0 Å². The van der Waals surface area contributed by atoms with E-state index in [1.54, 1.807) is 30.6 Å². The monoisotopic (exact) mass is 517 g/mol. The second-order valence-corrected chi connectivity index (χ2v) is 8.48. The van der Waals surface area contributed by atoms with Crippen molar-refractivity contribution < 1.29 is 32.5 Å². The second kappa shape index (κ2) is 12.9. The van der Waals surface area contributed by atoms with Crippen molar-refractivity contribution in [2.24, 2.45) is 0 Å². The van der Waals surface area contributed by atoms with Crippen LogP contribution in [-0.2, 0) is 30.6 Å². The van der Waals surface area contributed by atoms with E-state index in [9.17, 15) is 18.0 Å². The minimum Gasteiger partial charge on any atom is -0.482 e. The van der Waals surface area contributed by atoms with Crippen LogP contribution in [0.2, 0.25) is 0 Å². The molecule has 7 nitrogen and oxygen atoms in total. The Kier molecular flexibility index (Phi) is 9.71. The molecule has 198 valence electrons. The summed E-state index contributed by atoms with van der Waals surface area (Å²) < 4.78 is 46.9. The summed E-state index contributed by atoms with van der Waals surface area (Å²) >= 11 is 0. The summed E-state index contributed by atoms with van der Waals surface area (Å²) in [5.41, 5.74) is 3.76. The Hall–Kier alpha value is -3.82. The molecule has 0 aliphatic rings. The molecule has 3 aromatic rings. The van der Waals surface area contributed by atoms with Gasteiger partial charge in [0.15, 0.2) is 6.61 Å². The highest BCUT2D eigenvalue weighted by Crippen LogP contribution is 2.25. The van der Waals surface area contributed by atoms with Gasteiger partial charge in [-0.25, -0.2) is 14.8 Å². The standard InChI is InChI=1S/C27H30F3N3O4/c1-3-5-22-14-20(8-11-24(22)36-18-25(34)35)12-13-33(26-31-15-19(4-2)16-32-26)17-21-6-9-23(10-7-21)37-27(28,29)30/h6-11,14-16H,3-5,12-13,17-18H2,1-2H3,(H,34,35). The molecule has 3 rings (SSSR count). The minimum atomic E-state index is -4.74. The second-order valence-electron chi connectivity index (χ2n) is 8.48. The number of benzene rings is 2. The highest BCUT2D eigenvalue weighted by Gasteiger charge is 2.31. The molecular weight excluding hydrogens is 487 g/mol. The van der Waals surface area contributed by atoms with Crippen molar-refractivity contribution in [1.82, 2.24) is 9.97 Å². The largest absolute Gasteiger partial charge is 0.573 e. The fraction of sp³-hybridized carbons (Fsp3) is 0.370. The van der Waals surface area contributed by atoms with Crippen LogP contribution in [0, 0.1) is 0 Å². The molecule has 0 aliphatic carbocycles. The van der Waals surface area contributed by atoms with Gasteiger partial charge in [0, 0.05) is 25.5 Å². The zero-order valence-corrected chi connectivity index (χ0v) is 20.8. The zero-order chi connectivity index (χ0) is 26.8. The topological polar surface area (TPSA) is 84.8 Å². The lowest BCUT2D eigenvalue weighted by Gasteiger charge is -2.23. The van der Waals surface area contributed by atoms with Crippen molar-refractivity contribution in [2.45, 2.75) is 52.4 Å². The molecule has 0 aliphatic heterocycles. The number of ether oxygens (including phenoxy) is 2. The van der Waals surface area contributed by atoms with Crippen LogP contribution in [0.1, 0.15) is 42.5 Å². The molecule has 10 heteroatoms. The average Bonchev–Trinajstić information content (AvgIpc) is 2.86. The lowest BCUT2D eigenvalue weighted by Crippen LogP contribution is -2.27. The van der Waals surface area contributed by atoms with Crippen molar-refractivity contribution in [3.63, 3.8) is 0 Å². The zero-order valence-electron chi connectivity index (χ0n) is 20.8. The van der Waals surface area contributed by atoms with Crippen LogP contribution >= 0.6 is 0 Å². The van der Waals surface area contributed by atoms with Gasteiger partial charge in [-0.2, -0.15) is 0 Å². The number of halogens is 3. The maximum atomic E-state index is 12.5. The van der Waals surface area contributed by atoms with E-state index in [0.717, 1.165) is 41.5 Å². The summed E-state index contributed by atoms with van der Waals surface area (Å²) in [4.78, 5) is 21.8. The minimum absolute atomic E-state index is 0.278. The quantitative estimate of drug-likeness (QED) is 0.316. The van der Waals surface area contributed by atoms with Gasteiger partial charge in [0.05, 0.1) is 0 Å². The van der Waals surface area contributed by atoms with E-state index in [1.165, 1.54) is 12.1 Å². The Balaban J connectivity index is 1.77. The van der Waals surface area contributed by atoms with Crippen LogP contribution < -0.4 is 14.4 Å². The molecule has 0 saturated carbocycles. The number of anilines is 1. The first-order valence-electron chi connectivity index (χ1n) is 12.0. The van der Waals surface area contributed by atoms with Gasteiger partial charge < -0.3 is 19.5 Å². The Morgan fingerprint density at radius 3 is 2.24 bits per heavy atom. The molecule has 1 aromatic heterocycles. The molecule has 2 aromatic carbocycles. The van der Waals surface area contributed by atoms with Gasteiger partial charge in [0.1, 0.15) is 11.5 Å². The van der Waals surface area contributed by atoms with E-state index in [1.807, 2.05) is 30.9 Å². The van der Waals surface area contributed by atoms with Crippen molar-refractivity contribution in [3.8, 4) is 11.5 Å². The third kappa shape index (κ3) is 8.96. The van der Waals surface area contributed by atoms with Crippen LogP contribution in [0.25, 0.3) is 0 Å². The fourth-order valence-corrected chi connectivity index (χ4v) is 3.76. The van der Waals surface area contributed by atoms with Crippen molar-refractivity contribution >= 4 is 11.9 Å². The molecule has 0 spiro atoms. The lowest BCUT2D eigenvalue weighted by atomic mass is 10.0. The highest BCUT2D eigenvalue weighted by atomic mass is 19.4. The van der Waals surface area contributed by atoms with Crippen molar-refractivity contribution in [1.29, 1.82) is 0 Å². The predicted octanol–water partition coefficient (Wildman–Crippen LogP) is 5.60. The predicted molar refractivity (Wildman–Crippen MR) is 133 cm³/mol. The molecule has 0 saturated heterocycles. The molecule has 0 unspecified atom stereocenters. The van der Waals surface area contributed by atoms with Crippen LogP contribution in [0.4, 0.5) is 19.1 Å². The molecule has 0 bridgehead atoms. The number of aliphatic carboxylic acids is 1. The highest BCUT2D eigenvalue weighted by molar-refractivity contribution is 5.68. The van der Waals surface area contributed by atoms with Crippen LogP contribution in [0.15, 0.2) is 54.9 Å². The molecule has 0 atom stereocenters. The number of carboxylic acid groups (broad SMARTS) is 1. The molecule has 0 amide bonds. The van der Waals surface area contributed by atoms with E-state index in [0.29, 0.717) is 31.2 Å². The third-order valence-electron chi connectivity index (χ3n) is 5.58. The first kappa shape index (κ1) is 27.8. The van der Waals surface area contributed by atoms with Gasteiger partial charge >= 0.3 is 12.3 Å². The number of aromatic nitrogens is 2. The first-order chi connectivity index (χ1) is 17.7. The Bertz CT molecular complexity index is 1150. The normalized spacial score (nSPS) is 11.3. The molecule has 37 heavy (non-hydrogen) atoms. The number of alkyl halides is 3. The molecule has 1 N–H and O–H groups in total. The van der Waals surface area contributed by atoms with Crippen LogP contribution in [0.5, 0.6) is 11.5 Å². The van der Waals surface area contributed by atoms with Gasteiger partial charge in [0.2, 0.25) is 5.95 Å². The number of hydrogen-bond donors (Lipinski definition) is 1. The van der Waals surface area contributed by atoms with E-state index in [-0.39, 0.29) is 5.75 Å². The van der Waals surface area contributed by atoms with Crippen molar-refractivity contribution in [3.05, 3.63) is 77.1 Å². The molecular formula is C27H30F3N3O4. The number of hydrogen-bond acceptors (Lipinski definition) is 6. The lowest BCUT2D eigenvalue weighted by molar-refractivity contribution is -0.274. The van der Waals surface area contributed by atoms with E-state index in [2.05, 4.69) is 14.7 Å². The maximum Gasteiger partial charge on any atom is 0.573 e. The number of nitrogens with zero attached hydrogens (tertiary/aromatic N) is 3. The van der Waals surface area contributed by atoms with Gasteiger partial charge in [-0.15, -0.1) is 13.2 Å². The van der Waals surface area contributed by atoms with E-state index >= 15 is 0 Å². The summed E-state index contributed by atoms with van der Waals surface area (Å²) in [7, 11) is 0. The van der Waals surface area contributed by atoms with Gasteiger partial charge in [-0.3, -0.25) is 0 Å². The average molecular weight is 518 g/mol. The molecule has 1 heterocycles. The fourth-order valence-electron chi connectivity index (χ4n) is 3.76. The summed E-state index contributed by atoms with van der Waals surface area (Å²) in [6.07, 6.45) is 1.87. The summed E-state index contributed by atoms with van der Waals surface area (Å²) in [6.45, 7) is 4.59.